The quantitative estimate of drug-likeness (QED) is 0.267. The van der Waals surface area contributed by atoms with Crippen LogP contribution in [-0.4, -0.2) is 26.2 Å². The van der Waals surface area contributed by atoms with Crippen LogP contribution in [0.4, 0.5) is 0 Å². The van der Waals surface area contributed by atoms with E-state index in [-0.39, 0.29) is 5.57 Å². The minimum atomic E-state index is -0.722. The van der Waals surface area contributed by atoms with Gasteiger partial charge in [-0.2, -0.15) is 0 Å². The summed E-state index contributed by atoms with van der Waals surface area (Å²) in [7, 11) is 2.43. The topological polar surface area (TPSA) is 52.6 Å². The molecule has 100 valence electrons. The molecule has 0 aliphatic rings. The van der Waals surface area contributed by atoms with Crippen molar-refractivity contribution in [3.63, 3.8) is 0 Å². The van der Waals surface area contributed by atoms with E-state index in [1.54, 1.807) is 6.08 Å². The summed E-state index contributed by atoms with van der Waals surface area (Å²) in [6.45, 7) is 3.67. The van der Waals surface area contributed by atoms with Gasteiger partial charge >= 0.3 is 11.9 Å². The molecule has 0 saturated carbocycles. The summed E-state index contributed by atoms with van der Waals surface area (Å²) in [5.41, 5.74) is 1.58. The molecular formula is C15H16O4. The Kier molecular flexibility index (Phi) is 5.54. The number of methoxy groups -OCH3 is 2. The first-order valence-electron chi connectivity index (χ1n) is 5.71. The fraction of sp³-hybridized carbons (Fsp3) is 0.200. The van der Waals surface area contributed by atoms with Crippen LogP contribution in [-0.2, 0) is 25.5 Å². The van der Waals surface area contributed by atoms with E-state index in [2.05, 4.69) is 16.1 Å². The molecule has 0 spiro atoms. The van der Waals surface area contributed by atoms with Gasteiger partial charge in [0.25, 0.3) is 0 Å². The molecule has 0 saturated heterocycles. The van der Waals surface area contributed by atoms with E-state index in [1.807, 2.05) is 24.3 Å². The van der Waals surface area contributed by atoms with Gasteiger partial charge in [-0.1, -0.05) is 30.3 Å². The van der Waals surface area contributed by atoms with Crippen molar-refractivity contribution in [2.45, 2.75) is 6.42 Å². The first-order valence-corrected chi connectivity index (χ1v) is 5.71. The van der Waals surface area contributed by atoms with E-state index < -0.39 is 11.9 Å². The summed E-state index contributed by atoms with van der Waals surface area (Å²) in [5.74, 6) is -1.44. The third kappa shape index (κ3) is 3.81. The molecule has 0 unspecified atom stereocenters. The van der Waals surface area contributed by atoms with Gasteiger partial charge in [0.15, 0.2) is 0 Å². The Morgan fingerprint density at radius 1 is 1.16 bits per heavy atom. The molecule has 0 fully saturated rings. The van der Waals surface area contributed by atoms with Gasteiger partial charge in [-0.05, 0) is 23.6 Å². The Bertz CT molecular complexity index is 497. The van der Waals surface area contributed by atoms with Crippen LogP contribution in [0.5, 0.6) is 0 Å². The molecule has 0 aliphatic heterocycles. The van der Waals surface area contributed by atoms with E-state index in [1.165, 1.54) is 20.3 Å². The molecule has 19 heavy (non-hydrogen) atoms. The van der Waals surface area contributed by atoms with E-state index in [0.717, 1.165) is 11.1 Å². The second-order valence-corrected chi connectivity index (χ2v) is 3.73. The number of allylic oxidation sites excluding steroid dienone is 1. The van der Waals surface area contributed by atoms with Crippen molar-refractivity contribution in [1.29, 1.82) is 0 Å². The fourth-order valence-electron chi connectivity index (χ4n) is 1.59. The van der Waals surface area contributed by atoms with Gasteiger partial charge in [0, 0.05) is 0 Å². The number of hydrogen-bond acceptors (Lipinski definition) is 4. The largest absolute Gasteiger partial charge is 0.465 e. The molecule has 4 heteroatoms. The zero-order valence-corrected chi connectivity index (χ0v) is 11.0. The second kappa shape index (κ2) is 7.16. The van der Waals surface area contributed by atoms with E-state index in [4.69, 9.17) is 0 Å². The van der Waals surface area contributed by atoms with Crippen LogP contribution >= 0.6 is 0 Å². The van der Waals surface area contributed by atoms with E-state index >= 15 is 0 Å². The van der Waals surface area contributed by atoms with Crippen LogP contribution in [0.1, 0.15) is 11.1 Å². The number of esters is 2. The first-order chi connectivity index (χ1) is 9.13. The number of benzene rings is 1. The summed E-state index contributed by atoms with van der Waals surface area (Å²) in [6.07, 6.45) is 3.86. The number of rotatable bonds is 5. The van der Waals surface area contributed by atoms with Gasteiger partial charge in [-0.3, -0.25) is 0 Å². The van der Waals surface area contributed by atoms with Crippen LogP contribution in [0.3, 0.4) is 0 Å². The van der Waals surface area contributed by atoms with Crippen molar-refractivity contribution in [2.24, 2.45) is 0 Å². The molecule has 0 atom stereocenters. The van der Waals surface area contributed by atoms with Crippen molar-refractivity contribution < 1.29 is 19.1 Å². The Hall–Kier alpha value is -2.36. The highest BCUT2D eigenvalue weighted by molar-refractivity contribution is 6.17. The van der Waals surface area contributed by atoms with Gasteiger partial charge < -0.3 is 9.47 Å². The smallest absolute Gasteiger partial charge is 0.345 e. The fourth-order valence-corrected chi connectivity index (χ4v) is 1.59. The Morgan fingerprint density at radius 3 is 2.26 bits per heavy atom. The highest BCUT2D eigenvalue weighted by Gasteiger charge is 2.19. The molecule has 1 aromatic carbocycles. The standard InChI is InChI=1S/C15H16O4/c1-4-7-11-8-5-6-9-12(11)10-13(14(16)18-2)15(17)19-3/h4-6,8-10H,1,7H2,2-3H3. The monoisotopic (exact) mass is 260 g/mol. The lowest BCUT2D eigenvalue weighted by Gasteiger charge is -2.06. The molecule has 1 aromatic rings. The predicted octanol–water partition coefficient (Wildman–Crippen LogP) is 2.14. The van der Waals surface area contributed by atoms with E-state index in [9.17, 15) is 9.59 Å². The van der Waals surface area contributed by atoms with Crippen LogP contribution in [0.2, 0.25) is 0 Å². The maximum Gasteiger partial charge on any atom is 0.345 e. The predicted molar refractivity (Wildman–Crippen MR) is 72.4 cm³/mol. The molecule has 1 rings (SSSR count). The van der Waals surface area contributed by atoms with Crippen molar-refractivity contribution in [2.75, 3.05) is 14.2 Å². The highest BCUT2D eigenvalue weighted by atomic mass is 16.5. The van der Waals surface area contributed by atoms with Crippen LogP contribution in [0.25, 0.3) is 6.08 Å². The summed E-state index contributed by atoms with van der Waals surface area (Å²) in [5, 5.41) is 0. The highest BCUT2D eigenvalue weighted by Crippen LogP contribution is 2.15. The third-order valence-corrected chi connectivity index (χ3v) is 2.53. The summed E-state index contributed by atoms with van der Waals surface area (Å²) >= 11 is 0. The molecular weight excluding hydrogens is 244 g/mol. The Labute approximate surface area is 112 Å². The average Bonchev–Trinajstić information content (AvgIpc) is 2.45. The van der Waals surface area contributed by atoms with Crippen LogP contribution in [0, 0.1) is 0 Å². The minimum Gasteiger partial charge on any atom is -0.465 e. The number of carbonyl (C=O) groups is 2. The molecule has 4 nitrogen and oxygen atoms in total. The lowest BCUT2D eigenvalue weighted by atomic mass is 10.0. The summed E-state index contributed by atoms with van der Waals surface area (Å²) < 4.78 is 9.16. The normalized spacial score (nSPS) is 9.37. The van der Waals surface area contributed by atoms with Gasteiger partial charge in [-0.15, -0.1) is 6.58 Å². The Balaban J connectivity index is 3.25. The maximum absolute atomic E-state index is 11.6. The molecule has 0 bridgehead atoms. The SMILES string of the molecule is C=CCc1ccccc1C=C(C(=O)OC)C(=O)OC. The van der Waals surface area contributed by atoms with Gasteiger partial charge in [0.2, 0.25) is 0 Å². The molecule has 0 aliphatic carbocycles. The Morgan fingerprint density at radius 2 is 1.74 bits per heavy atom. The molecule has 0 aromatic heterocycles. The van der Waals surface area contributed by atoms with Crippen molar-refractivity contribution in [3.05, 3.63) is 53.6 Å². The molecule has 0 amide bonds. The van der Waals surface area contributed by atoms with Gasteiger partial charge in [0.05, 0.1) is 14.2 Å². The maximum atomic E-state index is 11.6. The van der Waals surface area contributed by atoms with Crippen molar-refractivity contribution in [3.8, 4) is 0 Å². The van der Waals surface area contributed by atoms with Crippen LogP contribution in [0.15, 0.2) is 42.5 Å². The van der Waals surface area contributed by atoms with Gasteiger partial charge in [0.1, 0.15) is 5.57 Å². The van der Waals surface area contributed by atoms with Crippen molar-refractivity contribution >= 4 is 18.0 Å². The average molecular weight is 260 g/mol. The molecule has 0 heterocycles. The van der Waals surface area contributed by atoms with Gasteiger partial charge in [-0.25, -0.2) is 9.59 Å². The number of ether oxygens (including phenoxy) is 2. The molecule has 0 N–H and O–H groups in total. The first kappa shape index (κ1) is 14.7. The zero-order valence-electron chi connectivity index (χ0n) is 11.0. The second-order valence-electron chi connectivity index (χ2n) is 3.73. The zero-order chi connectivity index (χ0) is 14.3. The summed E-state index contributed by atoms with van der Waals surface area (Å²) in [4.78, 5) is 23.1. The number of hydrogen-bond donors (Lipinski definition) is 0. The lowest BCUT2D eigenvalue weighted by molar-refractivity contribution is -0.143. The lowest BCUT2D eigenvalue weighted by Crippen LogP contribution is -2.15. The minimum absolute atomic E-state index is 0.137. The van der Waals surface area contributed by atoms with E-state index in [0.29, 0.717) is 6.42 Å². The van der Waals surface area contributed by atoms with Crippen LogP contribution < -0.4 is 0 Å². The number of carbonyl (C=O) groups excluding carboxylic acids is 2. The van der Waals surface area contributed by atoms with Crippen molar-refractivity contribution in [1.82, 2.24) is 0 Å². The third-order valence-electron chi connectivity index (χ3n) is 2.53. The summed E-state index contributed by atoms with van der Waals surface area (Å²) in [6, 6.07) is 7.42. The molecule has 0 radical (unpaired) electrons.